The molecular weight excluding hydrogens is 621 g/mol. The fourth-order valence-corrected chi connectivity index (χ4v) is 9.80. The lowest BCUT2D eigenvalue weighted by Gasteiger charge is -2.38. The monoisotopic (exact) mass is 672 g/mol. The van der Waals surface area contributed by atoms with Crippen LogP contribution in [0.1, 0.15) is 86.8 Å². The molecule has 4 aromatic carbocycles. The first-order valence-corrected chi connectivity index (χ1v) is 24.4. The molecule has 6 rings (SSSR count). The minimum absolute atomic E-state index is 0.148. The number of hydrogen-bond acceptors (Lipinski definition) is 2. The molecule has 0 amide bonds. The van der Waals surface area contributed by atoms with Gasteiger partial charge in [-0.2, -0.15) is 0 Å². The van der Waals surface area contributed by atoms with Crippen molar-refractivity contribution in [1.82, 2.24) is 0 Å². The third kappa shape index (κ3) is 6.67. The molecule has 0 bridgehead atoms. The van der Waals surface area contributed by atoms with Gasteiger partial charge in [-0.1, -0.05) is 149 Å². The van der Waals surface area contributed by atoms with Crippen LogP contribution in [0.3, 0.4) is 0 Å². The molecular formula is C42H52O2Si3. The van der Waals surface area contributed by atoms with Crippen molar-refractivity contribution in [1.29, 1.82) is 0 Å². The molecule has 0 heterocycles. The normalized spacial score (nSPS) is 18.2. The fourth-order valence-electron chi connectivity index (χ4n) is 6.24. The highest BCUT2D eigenvalue weighted by Crippen LogP contribution is 2.47. The highest BCUT2D eigenvalue weighted by Gasteiger charge is 2.43. The van der Waals surface area contributed by atoms with E-state index in [1.807, 2.05) is 0 Å². The Kier molecular flexibility index (Phi) is 8.73. The SMILES string of the molecule is CC(C)(C)[Si](C)(C)OC1=Cc2ccccc2C1c1ccc([SiH2]c2ccc(C3C(O[Si](C)(C)C(C)(C)C)=Cc4ccccc43)cc2)cc1. The maximum absolute atomic E-state index is 6.96. The summed E-state index contributed by atoms with van der Waals surface area (Å²) < 4.78 is 13.9. The van der Waals surface area contributed by atoms with Crippen molar-refractivity contribution < 1.29 is 8.85 Å². The van der Waals surface area contributed by atoms with Gasteiger partial charge in [-0.3, -0.25) is 0 Å². The predicted octanol–water partition coefficient (Wildman–Crippen LogP) is 9.82. The van der Waals surface area contributed by atoms with E-state index in [1.54, 1.807) is 0 Å². The van der Waals surface area contributed by atoms with Crippen molar-refractivity contribution >= 4 is 48.7 Å². The molecule has 0 aliphatic heterocycles. The predicted molar refractivity (Wildman–Crippen MR) is 210 cm³/mol. The van der Waals surface area contributed by atoms with Gasteiger partial charge in [0.15, 0.2) is 0 Å². The summed E-state index contributed by atoms with van der Waals surface area (Å²) >= 11 is 0. The minimum Gasteiger partial charge on any atom is -0.546 e. The van der Waals surface area contributed by atoms with Crippen molar-refractivity contribution in [2.45, 2.75) is 89.6 Å². The summed E-state index contributed by atoms with van der Waals surface area (Å²) in [7, 11) is -4.58. The van der Waals surface area contributed by atoms with Gasteiger partial charge in [-0.05, 0) is 81.8 Å². The van der Waals surface area contributed by atoms with Crippen LogP contribution in [-0.2, 0) is 8.85 Å². The van der Waals surface area contributed by atoms with E-state index in [1.165, 1.54) is 43.8 Å². The Hall–Kier alpha value is -3.39. The van der Waals surface area contributed by atoms with Gasteiger partial charge in [0.05, 0.1) is 32.9 Å². The first kappa shape index (κ1) is 33.5. The second kappa shape index (κ2) is 12.2. The standard InChI is InChI=1S/C42H52O2Si3/c1-41(2,3)46(7,8)43-37-27-31-15-11-13-17-35(31)39(37)29-19-23-33(24-20-29)45-34-25-21-30(22-26-34)40-36-18-14-12-16-32(36)28-38(40)44-47(9,10)42(4,5)6/h11-28,39-40H,45H2,1-10H3. The summed E-state index contributed by atoms with van der Waals surface area (Å²) in [6.45, 7) is 23.3. The molecule has 244 valence electrons. The average Bonchev–Trinajstić information content (AvgIpc) is 3.53. The van der Waals surface area contributed by atoms with Gasteiger partial charge in [0.2, 0.25) is 16.6 Å². The van der Waals surface area contributed by atoms with Crippen LogP contribution in [0.5, 0.6) is 0 Å². The molecule has 2 aliphatic carbocycles. The van der Waals surface area contributed by atoms with Crippen molar-refractivity contribution in [2.75, 3.05) is 0 Å². The summed E-state index contributed by atoms with van der Waals surface area (Å²) in [5.74, 6) is 2.52. The van der Waals surface area contributed by atoms with E-state index in [0.717, 1.165) is 11.5 Å². The smallest absolute Gasteiger partial charge is 0.250 e. The maximum atomic E-state index is 6.96. The van der Waals surface area contributed by atoms with E-state index in [2.05, 4.69) is 177 Å². The summed E-state index contributed by atoms with van der Waals surface area (Å²) in [5.41, 5.74) is 7.88. The van der Waals surface area contributed by atoms with E-state index in [-0.39, 0.29) is 21.9 Å². The van der Waals surface area contributed by atoms with Crippen molar-refractivity contribution in [3.8, 4) is 0 Å². The Balaban J connectivity index is 1.21. The van der Waals surface area contributed by atoms with Gasteiger partial charge in [0.1, 0.15) is 0 Å². The summed E-state index contributed by atoms with van der Waals surface area (Å²) in [6, 6.07) is 36.4. The van der Waals surface area contributed by atoms with Gasteiger partial charge >= 0.3 is 0 Å². The van der Waals surface area contributed by atoms with E-state index in [0.29, 0.717) is 0 Å². The summed E-state index contributed by atoms with van der Waals surface area (Å²) in [4.78, 5) is 0. The zero-order valence-corrected chi connectivity index (χ0v) is 33.5. The lowest BCUT2D eigenvalue weighted by Crippen LogP contribution is -2.40. The Morgan fingerprint density at radius 1 is 0.489 bits per heavy atom. The van der Waals surface area contributed by atoms with Crippen LogP contribution in [0.15, 0.2) is 109 Å². The number of fused-ring (bicyclic) bond motifs is 2. The maximum Gasteiger partial charge on any atom is 0.250 e. The molecule has 5 heteroatoms. The molecule has 2 atom stereocenters. The molecule has 0 saturated carbocycles. The zero-order chi connectivity index (χ0) is 33.8. The molecule has 2 nitrogen and oxygen atoms in total. The quantitative estimate of drug-likeness (QED) is 0.174. The molecule has 2 aliphatic rings. The molecule has 0 aromatic heterocycles. The van der Waals surface area contributed by atoms with Crippen LogP contribution in [0.2, 0.25) is 36.3 Å². The average molecular weight is 673 g/mol. The van der Waals surface area contributed by atoms with Gasteiger partial charge in [0.25, 0.3) is 0 Å². The largest absolute Gasteiger partial charge is 0.546 e. The Bertz CT molecular complexity index is 1680. The van der Waals surface area contributed by atoms with Crippen LogP contribution in [-0.4, -0.2) is 26.2 Å². The van der Waals surface area contributed by atoms with Crippen LogP contribution < -0.4 is 10.4 Å². The Labute approximate surface area is 288 Å². The van der Waals surface area contributed by atoms with Crippen LogP contribution in [0.25, 0.3) is 12.2 Å². The number of allylic oxidation sites excluding steroid dienone is 2. The fraction of sp³-hybridized carbons (Fsp3) is 0.333. The molecule has 0 N–H and O–H groups in total. The van der Waals surface area contributed by atoms with Gasteiger partial charge in [-0.15, -0.1) is 0 Å². The Morgan fingerprint density at radius 2 is 0.830 bits per heavy atom. The van der Waals surface area contributed by atoms with E-state index < -0.39 is 26.2 Å². The van der Waals surface area contributed by atoms with Gasteiger partial charge < -0.3 is 8.85 Å². The Morgan fingerprint density at radius 3 is 1.17 bits per heavy atom. The minimum atomic E-state index is -1.98. The third-order valence-electron chi connectivity index (χ3n) is 11.2. The topological polar surface area (TPSA) is 18.5 Å². The van der Waals surface area contributed by atoms with E-state index in [9.17, 15) is 0 Å². The highest BCUT2D eigenvalue weighted by molar-refractivity contribution is 6.74. The summed E-state index contributed by atoms with van der Waals surface area (Å²) in [6.07, 6.45) is 4.57. The van der Waals surface area contributed by atoms with Crippen molar-refractivity contribution in [3.05, 3.63) is 142 Å². The van der Waals surface area contributed by atoms with Gasteiger partial charge in [-0.25, -0.2) is 0 Å². The van der Waals surface area contributed by atoms with Crippen molar-refractivity contribution in [3.63, 3.8) is 0 Å². The number of hydrogen-bond donors (Lipinski definition) is 0. The molecule has 47 heavy (non-hydrogen) atoms. The molecule has 2 unspecified atom stereocenters. The highest BCUT2D eigenvalue weighted by atomic mass is 28.4. The number of rotatable bonds is 8. The molecule has 0 fully saturated rings. The molecule has 0 spiro atoms. The van der Waals surface area contributed by atoms with Crippen LogP contribution in [0, 0.1) is 0 Å². The van der Waals surface area contributed by atoms with Crippen LogP contribution in [0.4, 0.5) is 0 Å². The lowest BCUT2D eigenvalue weighted by molar-refractivity contribution is 0.369. The first-order chi connectivity index (χ1) is 22.0. The molecule has 0 radical (unpaired) electrons. The number of benzene rings is 4. The lowest BCUT2D eigenvalue weighted by atomic mass is 9.92. The van der Waals surface area contributed by atoms with E-state index >= 15 is 0 Å². The van der Waals surface area contributed by atoms with Crippen LogP contribution >= 0.6 is 0 Å². The van der Waals surface area contributed by atoms with E-state index in [4.69, 9.17) is 8.85 Å². The second-order valence-electron chi connectivity index (χ2n) is 16.6. The third-order valence-corrected chi connectivity index (χ3v) is 21.6. The molecule has 0 saturated heterocycles. The van der Waals surface area contributed by atoms with Gasteiger partial charge in [0, 0.05) is 0 Å². The second-order valence-corrected chi connectivity index (χ2v) is 28.0. The summed E-state index contributed by atoms with van der Waals surface area (Å²) in [5, 5.41) is 3.21. The molecule has 4 aromatic rings. The zero-order valence-electron chi connectivity index (χ0n) is 30.1. The first-order valence-electron chi connectivity index (χ1n) is 17.2. The van der Waals surface area contributed by atoms with Crippen molar-refractivity contribution in [2.24, 2.45) is 0 Å².